The molecule has 0 atom stereocenters. The second-order valence-corrected chi connectivity index (χ2v) is 5.04. The third-order valence-corrected chi connectivity index (χ3v) is 3.23. The van der Waals surface area contributed by atoms with Crippen molar-refractivity contribution in [2.24, 2.45) is 0 Å². The van der Waals surface area contributed by atoms with Crippen molar-refractivity contribution in [3.8, 4) is 12.1 Å². The van der Waals surface area contributed by atoms with Gasteiger partial charge in [0.2, 0.25) is 0 Å². The van der Waals surface area contributed by atoms with Crippen LogP contribution in [0.25, 0.3) is 0 Å². The average Bonchev–Trinajstić information content (AvgIpc) is 2.67. The zero-order chi connectivity index (χ0) is 17.9. The van der Waals surface area contributed by atoms with Crippen LogP contribution in [0.15, 0.2) is 66.4 Å². The van der Waals surface area contributed by atoms with E-state index in [1.165, 1.54) is 6.20 Å². The number of allylic oxidation sites excluding steroid dienone is 1. The smallest absolute Gasteiger partial charge is 0.407 e. The monoisotopic (exact) mass is 332 g/mol. The molecule has 0 unspecified atom stereocenters. The van der Waals surface area contributed by atoms with Gasteiger partial charge < -0.3 is 15.4 Å². The van der Waals surface area contributed by atoms with Crippen molar-refractivity contribution in [1.29, 1.82) is 10.5 Å². The molecule has 0 heterocycles. The number of nitrogens with zero attached hydrogens (tertiary/aromatic N) is 2. The van der Waals surface area contributed by atoms with E-state index in [-0.39, 0.29) is 12.2 Å². The van der Waals surface area contributed by atoms with Crippen LogP contribution in [0.3, 0.4) is 0 Å². The molecule has 0 radical (unpaired) electrons. The van der Waals surface area contributed by atoms with Gasteiger partial charge in [-0.3, -0.25) is 0 Å². The minimum absolute atomic E-state index is 0.00750. The summed E-state index contributed by atoms with van der Waals surface area (Å²) >= 11 is 0. The lowest BCUT2D eigenvalue weighted by Gasteiger charge is -2.08. The molecule has 0 saturated carbocycles. The maximum absolute atomic E-state index is 11.7. The quantitative estimate of drug-likeness (QED) is 0.789. The van der Waals surface area contributed by atoms with Crippen LogP contribution >= 0.6 is 0 Å². The molecule has 2 rings (SSSR count). The van der Waals surface area contributed by atoms with Gasteiger partial charge in [-0.15, -0.1) is 0 Å². The van der Waals surface area contributed by atoms with E-state index < -0.39 is 6.09 Å². The summed E-state index contributed by atoms with van der Waals surface area (Å²) in [6.45, 7) is 0.563. The number of nitriles is 2. The molecule has 0 aliphatic rings. The van der Waals surface area contributed by atoms with Crippen molar-refractivity contribution in [3.05, 3.63) is 77.5 Å². The number of anilines is 1. The van der Waals surface area contributed by atoms with Gasteiger partial charge in [0.25, 0.3) is 0 Å². The fraction of sp³-hybridized carbons (Fsp3) is 0.105. The molecule has 0 spiro atoms. The predicted octanol–water partition coefficient (Wildman–Crippen LogP) is 3.46. The molecular formula is C19H16N4O2. The molecule has 25 heavy (non-hydrogen) atoms. The molecule has 2 aromatic carbocycles. The molecule has 6 heteroatoms. The van der Waals surface area contributed by atoms with Crippen LogP contribution in [0.5, 0.6) is 0 Å². The molecular weight excluding hydrogens is 316 g/mol. The Morgan fingerprint density at radius 2 is 1.68 bits per heavy atom. The molecule has 0 aliphatic heterocycles. The molecule has 1 amide bonds. The molecule has 0 bridgehead atoms. The summed E-state index contributed by atoms with van der Waals surface area (Å²) in [6, 6.07) is 20.2. The van der Waals surface area contributed by atoms with Gasteiger partial charge in [-0.25, -0.2) is 4.79 Å². The van der Waals surface area contributed by atoms with Gasteiger partial charge in [-0.1, -0.05) is 42.5 Å². The number of carbonyl (C=O) groups is 1. The Labute approximate surface area is 146 Å². The Morgan fingerprint density at radius 3 is 2.32 bits per heavy atom. The summed E-state index contributed by atoms with van der Waals surface area (Å²) < 4.78 is 5.13. The SMILES string of the molecule is N#CC(C#N)=CNc1ccc(CNC(=O)OCc2ccccc2)cc1. The topological polar surface area (TPSA) is 97.9 Å². The normalized spacial score (nSPS) is 9.20. The number of rotatable bonds is 6. The highest BCUT2D eigenvalue weighted by molar-refractivity contribution is 5.67. The first-order chi connectivity index (χ1) is 12.2. The maximum Gasteiger partial charge on any atom is 0.407 e. The largest absolute Gasteiger partial charge is 0.445 e. The molecule has 6 nitrogen and oxygen atoms in total. The Hall–Kier alpha value is -3.77. The average molecular weight is 332 g/mol. The zero-order valence-electron chi connectivity index (χ0n) is 13.4. The van der Waals surface area contributed by atoms with Crippen LogP contribution in [0, 0.1) is 22.7 Å². The second kappa shape index (κ2) is 9.39. The Morgan fingerprint density at radius 1 is 1.00 bits per heavy atom. The molecule has 0 saturated heterocycles. The minimum atomic E-state index is -0.485. The van der Waals surface area contributed by atoms with E-state index >= 15 is 0 Å². The van der Waals surface area contributed by atoms with Gasteiger partial charge in [0.1, 0.15) is 24.3 Å². The fourth-order valence-electron chi connectivity index (χ4n) is 1.91. The number of hydrogen-bond donors (Lipinski definition) is 2. The summed E-state index contributed by atoms with van der Waals surface area (Å²) in [6.07, 6.45) is 0.857. The van der Waals surface area contributed by atoms with Gasteiger partial charge >= 0.3 is 6.09 Å². The number of carbonyl (C=O) groups excluding carboxylic acids is 1. The fourth-order valence-corrected chi connectivity index (χ4v) is 1.91. The summed E-state index contributed by atoms with van der Waals surface area (Å²) in [5, 5.41) is 22.8. The number of nitrogens with one attached hydrogen (secondary N) is 2. The Bertz CT molecular complexity index is 799. The minimum Gasteiger partial charge on any atom is -0.445 e. The highest BCUT2D eigenvalue weighted by Crippen LogP contribution is 2.10. The number of benzene rings is 2. The van der Waals surface area contributed by atoms with E-state index in [0.717, 1.165) is 16.8 Å². The van der Waals surface area contributed by atoms with E-state index in [4.69, 9.17) is 15.3 Å². The molecule has 2 aromatic rings. The number of hydrogen-bond acceptors (Lipinski definition) is 5. The third kappa shape index (κ3) is 6.09. The molecule has 0 fully saturated rings. The summed E-state index contributed by atoms with van der Waals surface area (Å²) in [5.41, 5.74) is 2.55. The zero-order valence-corrected chi connectivity index (χ0v) is 13.4. The Balaban J connectivity index is 1.77. The number of ether oxygens (including phenoxy) is 1. The van der Waals surface area contributed by atoms with E-state index in [1.54, 1.807) is 24.3 Å². The standard InChI is InChI=1S/C19H16N4O2/c20-10-17(11-21)13-22-18-8-6-15(7-9-18)12-23-19(24)25-14-16-4-2-1-3-5-16/h1-9,13,22H,12,14H2,(H,23,24). The second-order valence-electron chi connectivity index (χ2n) is 5.04. The lowest BCUT2D eigenvalue weighted by Crippen LogP contribution is -2.23. The van der Waals surface area contributed by atoms with Crippen molar-refractivity contribution in [2.45, 2.75) is 13.2 Å². The van der Waals surface area contributed by atoms with Crippen molar-refractivity contribution >= 4 is 11.8 Å². The Kier molecular flexibility index (Phi) is 6.60. The van der Waals surface area contributed by atoms with Crippen molar-refractivity contribution in [3.63, 3.8) is 0 Å². The van der Waals surface area contributed by atoms with E-state index in [1.807, 2.05) is 42.5 Å². The maximum atomic E-state index is 11.7. The summed E-state index contributed by atoms with van der Waals surface area (Å²) in [7, 11) is 0. The van der Waals surface area contributed by atoms with Crippen LogP contribution < -0.4 is 10.6 Å². The van der Waals surface area contributed by atoms with Crippen LogP contribution in [-0.4, -0.2) is 6.09 Å². The van der Waals surface area contributed by atoms with E-state index in [2.05, 4.69) is 10.6 Å². The molecule has 2 N–H and O–H groups in total. The first-order valence-corrected chi connectivity index (χ1v) is 7.51. The lowest BCUT2D eigenvalue weighted by molar-refractivity contribution is 0.139. The third-order valence-electron chi connectivity index (χ3n) is 3.23. The van der Waals surface area contributed by atoms with Gasteiger partial charge in [-0.05, 0) is 23.3 Å². The molecule has 0 aliphatic carbocycles. The van der Waals surface area contributed by atoms with Crippen LogP contribution in [0.4, 0.5) is 10.5 Å². The highest BCUT2D eigenvalue weighted by atomic mass is 16.5. The first kappa shape index (κ1) is 17.6. The van der Waals surface area contributed by atoms with Gasteiger partial charge in [0, 0.05) is 18.4 Å². The first-order valence-electron chi connectivity index (χ1n) is 7.51. The van der Waals surface area contributed by atoms with Gasteiger partial charge in [0.15, 0.2) is 0 Å². The van der Waals surface area contributed by atoms with E-state index in [0.29, 0.717) is 6.54 Å². The highest BCUT2D eigenvalue weighted by Gasteiger charge is 2.03. The van der Waals surface area contributed by atoms with Crippen LogP contribution in [0.1, 0.15) is 11.1 Å². The predicted molar refractivity (Wildman–Crippen MR) is 92.8 cm³/mol. The van der Waals surface area contributed by atoms with Crippen molar-refractivity contribution in [1.82, 2.24) is 5.32 Å². The summed E-state index contributed by atoms with van der Waals surface area (Å²) in [5.74, 6) is 0. The number of amides is 1. The summed E-state index contributed by atoms with van der Waals surface area (Å²) in [4.78, 5) is 11.7. The van der Waals surface area contributed by atoms with E-state index in [9.17, 15) is 4.79 Å². The van der Waals surface area contributed by atoms with Gasteiger partial charge in [0.05, 0.1) is 0 Å². The van der Waals surface area contributed by atoms with Crippen molar-refractivity contribution in [2.75, 3.05) is 5.32 Å². The van der Waals surface area contributed by atoms with Gasteiger partial charge in [-0.2, -0.15) is 10.5 Å². The van der Waals surface area contributed by atoms with Crippen LogP contribution in [0.2, 0.25) is 0 Å². The van der Waals surface area contributed by atoms with Crippen LogP contribution in [-0.2, 0) is 17.9 Å². The van der Waals surface area contributed by atoms with Crippen molar-refractivity contribution < 1.29 is 9.53 Å². The number of alkyl carbamates (subject to hydrolysis) is 1. The molecule has 124 valence electrons. The molecule has 0 aromatic heterocycles. The lowest BCUT2D eigenvalue weighted by atomic mass is 10.2.